The smallest absolute Gasteiger partial charge is 0.349 e. The van der Waals surface area contributed by atoms with Crippen LogP contribution in [0.5, 0.6) is 0 Å². The second-order valence-electron chi connectivity index (χ2n) is 3.75. The summed E-state index contributed by atoms with van der Waals surface area (Å²) in [7, 11) is 0. The Balaban J connectivity index is 2.65. The fourth-order valence-electron chi connectivity index (χ4n) is 1.81. The molecule has 90 valence electrons. The second kappa shape index (κ2) is 4.00. The summed E-state index contributed by atoms with van der Waals surface area (Å²) >= 11 is 0. The van der Waals surface area contributed by atoms with E-state index in [2.05, 4.69) is 15.2 Å². The van der Waals surface area contributed by atoms with Gasteiger partial charge in [-0.15, -0.1) is 0 Å². The third kappa shape index (κ3) is 1.79. The molecule has 7 heteroatoms. The van der Waals surface area contributed by atoms with Gasteiger partial charge in [0.1, 0.15) is 5.82 Å². The SMILES string of the molecule is CCC(C(=O)O)c1cc2n[nH]c(=O)n2c(C)n1. The van der Waals surface area contributed by atoms with E-state index >= 15 is 0 Å². The Kier molecular flexibility index (Phi) is 2.66. The van der Waals surface area contributed by atoms with Crippen LogP contribution in [0.3, 0.4) is 0 Å². The first kappa shape index (κ1) is 11.3. The summed E-state index contributed by atoms with van der Waals surface area (Å²) < 4.78 is 1.30. The van der Waals surface area contributed by atoms with Gasteiger partial charge in [0.25, 0.3) is 0 Å². The highest BCUT2D eigenvalue weighted by Gasteiger charge is 2.21. The molecular formula is C10H12N4O3. The second-order valence-corrected chi connectivity index (χ2v) is 3.75. The molecule has 2 heterocycles. The van der Waals surface area contributed by atoms with Gasteiger partial charge >= 0.3 is 11.7 Å². The maximum absolute atomic E-state index is 11.4. The van der Waals surface area contributed by atoms with E-state index in [9.17, 15) is 9.59 Å². The summed E-state index contributed by atoms with van der Waals surface area (Å²) in [6.45, 7) is 3.42. The highest BCUT2D eigenvalue weighted by Crippen LogP contribution is 2.18. The Morgan fingerprint density at radius 2 is 2.35 bits per heavy atom. The molecule has 2 aromatic heterocycles. The highest BCUT2D eigenvalue weighted by atomic mass is 16.4. The number of H-pyrrole nitrogens is 1. The largest absolute Gasteiger partial charge is 0.481 e. The van der Waals surface area contributed by atoms with Crippen LogP contribution in [0, 0.1) is 6.92 Å². The van der Waals surface area contributed by atoms with Crippen molar-refractivity contribution in [2.75, 3.05) is 0 Å². The number of aryl methyl sites for hydroxylation is 1. The molecule has 2 N–H and O–H groups in total. The van der Waals surface area contributed by atoms with E-state index in [1.807, 2.05) is 0 Å². The van der Waals surface area contributed by atoms with Gasteiger partial charge in [-0.1, -0.05) is 6.92 Å². The molecule has 0 saturated heterocycles. The van der Waals surface area contributed by atoms with Gasteiger partial charge in [0.2, 0.25) is 0 Å². The minimum Gasteiger partial charge on any atom is -0.481 e. The van der Waals surface area contributed by atoms with Crippen molar-refractivity contribution < 1.29 is 9.90 Å². The van der Waals surface area contributed by atoms with Crippen LogP contribution in [-0.2, 0) is 4.79 Å². The highest BCUT2D eigenvalue weighted by molar-refractivity contribution is 5.75. The van der Waals surface area contributed by atoms with Crippen molar-refractivity contribution in [1.82, 2.24) is 19.6 Å². The molecule has 0 amide bonds. The number of carbonyl (C=O) groups is 1. The van der Waals surface area contributed by atoms with Gasteiger partial charge in [-0.25, -0.2) is 19.3 Å². The van der Waals surface area contributed by atoms with Gasteiger partial charge in [-0.3, -0.25) is 4.79 Å². The molecule has 0 aliphatic heterocycles. The summed E-state index contributed by atoms with van der Waals surface area (Å²) in [4.78, 5) is 26.6. The van der Waals surface area contributed by atoms with Crippen LogP contribution in [0.15, 0.2) is 10.9 Å². The fraction of sp³-hybridized carbons (Fsp3) is 0.400. The lowest BCUT2D eigenvalue weighted by molar-refractivity contribution is -0.138. The van der Waals surface area contributed by atoms with Crippen molar-refractivity contribution in [2.45, 2.75) is 26.2 Å². The predicted octanol–water partition coefficient (Wildman–Crippen LogP) is 0.304. The molecule has 0 bridgehead atoms. The zero-order chi connectivity index (χ0) is 12.6. The lowest BCUT2D eigenvalue weighted by Gasteiger charge is -2.10. The molecule has 17 heavy (non-hydrogen) atoms. The minimum atomic E-state index is -0.929. The standard InChI is InChI=1S/C10H12N4O3/c1-3-6(9(15)16)7-4-8-12-13-10(17)14(8)5(2)11-7/h4,6H,3H2,1-2H3,(H,13,17)(H,15,16). The van der Waals surface area contributed by atoms with Gasteiger partial charge in [0.05, 0.1) is 11.6 Å². The molecule has 0 aliphatic rings. The van der Waals surface area contributed by atoms with E-state index in [-0.39, 0.29) is 5.69 Å². The molecule has 0 fully saturated rings. The minimum absolute atomic E-state index is 0.375. The first-order valence-corrected chi connectivity index (χ1v) is 5.22. The Morgan fingerprint density at radius 1 is 1.65 bits per heavy atom. The van der Waals surface area contributed by atoms with Crippen LogP contribution >= 0.6 is 0 Å². The van der Waals surface area contributed by atoms with E-state index in [0.717, 1.165) is 0 Å². The summed E-state index contributed by atoms with van der Waals surface area (Å²) in [5, 5.41) is 15.2. The van der Waals surface area contributed by atoms with E-state index in [1.165, 1.54) is 10.5 Å². The number of rotatable bonds is 3. The summed E-state index contributed by atoms with van der Waals surface area (Å²) in [6, 6.07) is 1.52. The number of aromatic nitrogens is 4. The molecule has 1 unspecified atom stereocenters. The Morgan fingerprint density at radius 3 is 2.94 bits per heavy atom. The van der Waals surface area contributed by atoms with Gasteiger partial charge in [-0.2, -0.15) is 5.10 Å². The lowest BCUT2D eigenvalue weighted by atomic mass is 10.0. The number of nitrogens with zero attached hydrogens (tertiary/aromatic N) is 3. The van der Waals surface area contributed by atoms with E-state index in [0.29, 0.717) is 23.6 Å². The first-order chi connectivity index (χ1) is 8.04. The van der Waals surface area contributed by atoms with E-state index < -0.39 is 11.9 Å². The maximum atomic E-state index is 11.4. The van der Waals surface area contributed by atoms with Gasteiger partial charge in [-0.05, 0) is 13.3 Å². The number of hydrogen-bond donors (Lipinski definition) is 2. The molecule has 0 radical (unpaired) electrons. The normalized spacial score (nSPS) is 12.8. The van der Waals surface area contributed by atoms with Crippen molar-refractivity contribution in [3.8, 4) is 0 Å². The summed E-state index contributed by atoms with van der Waals surface area (Å²) in [5.74, 6) is -1.18. The van der Waals surface area contributed by atoms with Crippen LogP contribution in [0.2, 0.25) is 0 Å². The molecular weight excluding hydrogens is 224 g/mol. The summed E-state index contributed by atoms with van der Waals surface area (Å²) in [5.41, 5.74) is 0.432. The number of hydrogen-bond acceptors (Lipinski definition) is 4. The first-order valence-electron chi connectivity index (χ1n) is 5.22. The molecule has 0 aromatic carbocycles. The number of nitrogens with one attached hydrogen (secondary N) is 1. The monoisotopic (exact) mass is 236 g/mol. The predicted molar refractivity (Wildman–Crippen MR) is 59.0 cm³/mol. The van der Waals surface area contributed by atoms with Gasteiger partial charge in [0.15, 0.2) is 5.65 Å². The van der Waals surface area contributed by atoms with Gasteiger partial charge in [0, 0.05) is 6.07 Å². The number of carboxylic acids is 1. The zero-order valence-electron chi connectivity index (χ0n) is 9.47. The molecule has 2 aromatic rings. The molecule has 0 saturated carbocycles. The number of aromatic amines is 1. The van der Waals surface area contributed by atoms with Crippen molar-refractivity contribution in [3.05, 3.63) is 28.1 Å². The zero-order valence-corrected chi connectivity index (χ0v) is 9.47. The average Bonchev–Trinajstić information content (AvgIpc) is 2.61. The Bertz CT molecular complexity index is 628. The van der Waals surface area contributed by atoms with Crippen LogP contribution in [0.1, 0.15) is 30.8 Å². The van der Waals surface area contributed by atoms with Crippen molar-refractivity contribution in [2.24, 2.45) is 0 Å². The van der Waals surface area contributed by atoms with Crippen LogP contribution in [0.4, 0.5) is 0 Å². The van der Waals surface area contributed by atoms with Crippen LogP contribution in [0.25, 0.3) is 5.65 Å². The summed E-state index contributed by atoms with van der Waals surface area (Å²) in [6.07, 6.45) is 0.437. The fourth-order valence-corrected chi connectivity index (χ4v) is 1.81. The van der Waals surface area contributed by atoms with E-state index in [1.54, 1.807) is 13.8 Å². The molecule has 7 nitrogen and oxygen atoms in total. The molecule has 2 rings (SSSR count). The van der Waals surface area contributed by atoms with Crippen molar-refractivity contribution >= 4 is 11.6 Å². The number of carboxylic acid groups (broad SMARTS) is 1. The lowest BCUT2D eigenvalue weighted by Crippen LogP contribution is -2.17. The Hall–Kier alpha value is -2.18. The third-order valence-corrected chi connectivity index (χ3v) is 2.65. The van der Waals surface area contributed by atoms with Crippen LogP contribution in [-0.4, -0.2) is 30.7 Å². The molecule has 0 aliphatic carbocycles. The molecule has 1 atom stereocenters. The van der Waals surface area contributed by atoms with Crippen LogP contribution < -0.4 is 5.69 Å². The van der Waals surface area contributed by atoms with Gasteiger partial charge < -0.3 is 5.11 Å². The quantitative estimate of drug-likeness (QED) is 0.798. The Labute approximate surface area is 96.1 Å². The average molecular weight is 236 g/mol. The number of aliphatic carboxylic acids is 1. The topological polar surface area (TPSA) is 100 Å². The van der Waals surface area contributed by atoms with Crippen molar-refractivity contribution in [3.63, 3.8) is 0 Å². The van der Waals surface area contributed by atoms with E-state index in [4.69, 9.17) is 5.11 Å². The maximum Gasteiger partial charge on any atom is 0.349 e. The third-order valence-electron chi connectivity index (χ3n) is 2.65. The van der Waals surface area contributed by atoms with Crippen molar-refractivity contribution in [1.29, 1.82) is 0 Å². The molecule has 0 spiro atoms. The number of fused-ring (bicyclic) bond motifs is 1.